The van der Waals surface area contributed by atoms with E-state index in [1.807, 2.05) is 30.3 Å². The number of benzene rings is 2. The molecule has 0 radical (unpaired) electrons. The molecule has 2 aromatic carbocycles. The average Bonchev–Trinajstić information content (AvgIpc) is 3.27. The van der Waals surface area contributed by atoms with Gasteiger partial charge < -0.3 is 20.1 Å². The Labute approximate surface area is 168 Å². The summed E-state index contributed by atoms with van der Waals surface area (Å²) in [5.41, 5.74) is 5.59. The van der Waals surface area contributed by atoms with E-state index in [1.54, 1.807) is 4.90 Å². The summed E-state index contributed by atoms with van der Waals surface area (Å²) in [6.45, 7) is 0.104. The summed E-state index contributed by atoms with van der Waals surface area (Å²) in [6.07, 6.45) is 0.880. The molecular weight excluding hydrogens is 372 g/mol. The number of aliphatic carboxylic acids is 1. The lowest BCUT2D eigenvalue weighted by atomic mass is 10.1. The topological polar surface area (TPSA) is 95.9 Å². The molecule has 1 saturated heterocycles. The van der Waals surface area contributed by atoms with Gasteiger partial charge in [0.25, 0.3) is 0 Å². The van der Waals surface area contributed by atoms with Gasteiger partial charge in [-0.3, -0.25) is 9.59 Å². The highest BCUT2D eigenvalue weighted by Gasteiger charge is 2.37. The van der Waals surface area contributed by atoms with Crippen molar-refractivity contribution in [3.05, 3.63) is 53.6 Å². The van der Waals surface area contributed by atoms with Crippen molar-refractivity contribution in [2.24, 2.45) is 5.92 Å². The molecule has 1 heterocycles. The van der Waals surface area contributed by atoms with Crippen molar-refractivity contribution in [2.45, 2.75) is 18.9 Å². The fourth-order valence-corrected chi connectivity index (χ4v) is 4.06. The number of carbonyl (C=O) groups is 3. The minimum Gasteiger partial charge on any atom is -0.480 e. The first-order valence-corrected chi connectivity index (χ1v) is 9.51. The molecule has 7 heteroatoms. The van der Waals surface area contributed by atoms with Gasteiger partial charge in [0, 0.05) is 25.8 Å². The fraction of sp³-hybridized carbons (Fsp3) is 0.318. The van der Waals surface area contributed by atoms with Crippen LogP contribution in [0, 0.1) is 5.92 Å². The van der Waals surface area contributed by atoms with Crippen LogP contribution in [0.25, 0.3) is 11.1 Å². The molecule has 150 valence electrons. The van der Waals surface area contributed by atoms with Crippen LogP contribution >= 0.6 is 0 Å². The van der Waals surface area contributed by atoms with Gasteiger partial charge in [0.2, 0.25) is 11.8 Å². The highest BCUT2D eigenvalue weighted by Crippen LogP contribution is 2.39. The zero-order valence-corrected chi connectivity index (χ0v) is 16.1. The van der Waals surface area contributed by atoms with Crippen molar-refractivity contribution >= 4 is 23.5 Å². The molecule has 29 heavy (non-hydrogen) atoms. The van der Waals surface area contributed by atoms with Crippen molar-refractivity contribution in [1.29, 1.82) is 0 Å². The second-order valence-electron chi connectivity index (χ2n) is 7.44. The van der Waals surface area contributed by atoms with E-state index < -0.39 is 23.8 Å². The Hall–Kier alpha value is -3.19. The van der Waals surface area contributed by atoms with Crippen LogP contribution in [0.2, 0.25) is 0 Å². The fourth-order valence-electron chi connectivity index (χ4n) is 4.06. The molecule has 2 aliphatic rings. The Bertz CT molecular complexity index is 987. The summed E-state index contributed by atoms with van der Waals surface area (Å²) in [6, 6.07) is 13.1. The molecule has 1 fully saturated rings. The highest BCUT2D eigenvalue weighted by atomic mass is 16.5. The second kappa shape index (κ2) is 7.67. The Kier molecular flexibility index (Phi) is 5.07. The number of carbonyl (C=O) groups excluding carboxylic acids is 2. The number of carboxylic acids is 1. The predicted octanol–water partition coefficient (Wildman–Crippen LogP) is 1.83. The first kappa shape index (κ1) is 19.1. The van der Waals surface area contributed by atoms with Gasteiger partial charge in [0.15, 0.2) is 6.04 Å². The van der Waals surface area contributed by atoms with Gasteiger partial charge in [-0.25, -0.2) is 4.79 Å². The normalized spacial score (nSPS) is 18.3. The summed E-state index contributed by atoms with van der Waals surface area (Å²) in [5.74, 6) is -2.34. The third kappa shape index (κ3) is 3.61. The molecule has 0 spiro atoms. The number of ether oxygens (including phenoxy) is 1. The third-order valence-corrected chi connectivity index (χ3v) is 5.53. The minimum atomic E-state index is -1.17. The van der Waals surface area contributed by atoms with E-state index in [0.29, 0.717) is 0 Å². The van der Waals surface area contributed by atoms with Crippen LogP contribution in [0.1, 0.15) is 17.5 Å². The van der Waals surface area contributed by atoms with Crippen LogP contribution in [-0.2, 0) is 25.5 Å². The maximum Gasteiger partial charge on any atom is 0.328 e. The largest absolute Gasteiger partial charge is 0.480 e. The summed E-state index contributed by atoms with van der Waals surface area (Å²) in [7, 11) is 1.37. The molecule has 2 aromatic rings. The summed E-state index contributed by atoms with van der Waals surface area (Å²) in [4.78, 5) is 37.9. The Balaban J connectivity index is 1.48. The second-order valence-corrected chi connectivity index (χ2v) is 7.44. The lowest BCUT2D eigenvalue weighted by Crippen LogP contribution is -2.46. The molecule has 2 unspecified atom stereocenters. The number of anilines is 1. The van der Waals surface area contributed by atoms with Crippen molar-refractivity contribution in [2.75, 3.05) is 25.2 Å². The number of amides is 2. The summed E-state index contributed by atoms with van der Waals surface area (Å²) >= 11 is 0. The van der Waals surface area contributed by atoms with Crippen LogP contribution in [0.15, 0.2) is 42.5 Å². The number of fused-ring (bicyclic) bond motifs is 3. The van der Waals surface area contributed by atoms with E-state index in [1.165, 1.54) is 23.8 Å². The van der Waals surface area contributed by atoms with E-state index in [0.717, 1.165) is 17.7 Å². The van der Waals surface area contributed by atoms with Gasteiger partial charge in [-0.05, 0) is 40.8 Å². The van der Waals surface area contributed by atoms with E-state index in [-0.39, 0.29) is 25.5 Å². The molecule has 0 bridgehead atoms. The van der Waals surface area contributed by atoms with Crippen molar-refractivity contribution in [3.8, 4) is 11.1 Å². The molecule has 2 amide bonds. The number of nitrogens with one attached hydrogen (secondary N) is 1. The van der Waals surface area contributed by atoms with E-state index in [4.69, 9.17) is 9.84 Å². The maximum atomic E-state index is 12.6. The van der Waals surface area contributed by atoms with Gasteiger partial charge in [0.1, 0.15) is 0 Å². The number of carboxylic acid groups (broad SMARTS) is 1. The lowest BCUT2D eigenvalue weighted by molar-refractivity contribution is -0.143. The molecule has 0 aromatic heterocycles. The van der Waals surface area contributed by atoms with Crippen LogP contribution in [0.5, 0.6) is 0 Å². The van der Waals surface area contributed by atoms with Crippen LogP contribution < -0.4 is 10.2 Å². The number of rotatable bonds is 6. The molecule has 4 rings (SSSR count). The van der Waals surface area contributed by atoms with E-state index in [9.17, 15) is 14.4 Å². The standard InChI is InChI=1S/C22H22N2O5/c1-29-12-19(22(27)28)23-21(26)15-10-20(25)24(11-15)16-6-7-18-14(9-16)8-13-4-2-3-5-17(13)18/h2-7,9,15,19H,8,10-12H2,1H3,(H,23,26)(H,27,28). The first-order valence-electron chi connectivity index (χ1n) is 9.51. The third-order valence-electron chi connectivity index (χ3n) is 5.53. The van der Waals surface area contributed by atoms with E-state index in [2.05, 4.69) is 17.4 Å². The van der Waals surface area contributed by atoms with Gasteiger partial charge in [-0.1, -0.05) is 30.3 Å². The molecule has 0 saturated carbocycles. The summed E-state index contributed by atoms with van der Waals surface area (Å²) < 4.78 is 4.84. The zero-order valence-electron chi connectivity index (χ0n) is 16.1. The van der Waals surface area contributed by atoms with Gasteiger partial charge in [-0.15, -0.1) is 0 Å². The van der Waals surface area contributed by atoms with Gasteiger partial charge in [-0.2, -0.15) is 0 Å². The Morgan fingerprint density at radius 1 is 1.21 bits per heavy atom. The van der Waals surface area contributed by atoms with E-state index >= 15 is 0 Å². The van der Waals surface area contributed by atoms with Gasteiger partial charge in [0.05, 0.1) is 12.5 Å². The first-order chi connectivity index (χ1) is 14.0. The quantitative estimate of drug-likeness (QED) is 0.665. The smallest absolute Gasteiger partial charge is 0.328 e. The average molecular weight is 394 g/mol. The molecule has 7 nitrogen and oxygen atoms in total. The van der Waals surface area contributed by atoms with Gasteiger partial charge >= 0.3 is 5.97 Å². The lowest BCUT2D eigenvalue weighted by Gasteiger charge is -2.19. The van der Waals surface area contributed by atoms with Crippen LogP contribution in [-0.4, -0.2) is 49.2 Å². The van der Waals surface area contributed by atoms with Crippen molar-refractivity contribution in [3.63, 3.8) is 0 Å². The molecule has 1 aliphatic heterocycles. The van der Waals surface area contributed by atoms with Crippen LogP contribution in [0.3, 0.4) is 0 Å². The SMILES string of the molecule is COCC(NC(=O)C1CC(=O)N(c2ccc3c(c2)Cc2ccccc2-3)C1)C(=O)O. The number of hydrogen-bond acceptors (Lipinski definition) is 4. The van der Waals surface area contributed by atoms with Crippen LogP contribution in [0.4, 0.5) is 5.69 Å². The minimum absolute atomic E-state index is 0.0580. The molecule has 2 N–H and O–H groups in total. The predicted molar refractivity (Wildman–Crippen MR) is 107 cm³/mol. The van der Waals surface area contributed by atoms with Crippen molar-refractivity contribution in [1.82, 2.24) is 5.32 Å². The number of methoxy groups -OCH3 is 1. The Morgan fingerprint density at radius 2 is 1.97 bits per heavy atom. The van der Waals surface area contributed by atoms with Crippen molar-refractivity contribution < 1.29 is 24.2 Å². The highest BCUT2D eigenvalue weighted by molar-refractivity contribution is 6.01. The maximum absolute atomic E-state index is 12.6. The summed E-state index contributed by atoms with van der Waals surface area (Å²) in [5, 5.41) is 11.6. The number of nitrogens with zero attached hydrogens (tertiary/aromatic N) is 1. The molecule has 1 aliphatic carbocycles. The molecule has 2 atom stereocenters. The number of hydrogen-bond donors (Lipinski definition) is 2. The zero-order chi connectivity index (χ0) is 20.5. The monoisotopic (exact) mass is 394 g/mol. The Morgan fingerprint density at radius 3 is 2.72 bits per heavy atom. The molecular formula is C22H22N2O5.